The Hall–Kier alpha value is -2.04. The summed E-state index contributed by atoms with van der Waals surface area (Å²) >= 11 is 0. The van der Waals surface area contributed by atoms with Crippen LogP contribution in [0.5, 0.6) is 5.75 Å². The Balaban J connectivity index is 1.66. The SMILES string of the molecule is CCC(C)Oc1ccc(C2CC(c3ccccc3N)NN2)cc1. The van der Waals surface area contributed by atoms with Crippen molar-refractivity contribution in [2.24, 2.45) is 0 Å². The van der Waals surface area contributed by atoms with Crippen LogP contribution in [0.1, 0.15) is 49.9 Å². The number of hydrogen-bond acceptors (Lipinski definition) is 4. The van der Waals surface area contributed by atoms with Crippen molar-refractivity contribution in [3.05, 3.63) is 59.7 Å². The molecule has 23 heavy (non-hydrogen) atoms. The maximum atomic E-state index is 6.08. The molecule has 0 saturated carbocycles. The lowest BCUT2D eigenvalue weighted by Crippen LogP contribution is -2.27. The summed E-state index contributed by atoms with van der Waals surface area (Å²) in [5.41, 5.74) is 16.1. The molecule has 3 atom stereocenters. The molecule has 0 amide bonds. The van der Waals surface area contributed by atoms with Crippen LogP contribution in [-0.4, -0.2) is 6.10 Å². The van der Waals surface area contributed by atoms with Gasteiger partial charge in [0.15, 0.2) is 0 Å². The van der Waals surface area contributed by atoms with E-state index in [1.54, 1.807) is 0 Å². The first-order chi connectivity index (χ1) is 11.2. The van der Waals surface area contributed by atoms with Crippen molar-refractivity contribution in [1.29, 1.82) is 0 Å². The molecule has 3 rings (SSSR count). The van der Waals surface area contributed by atoms with Crippen LogP contribution >= 0.6 is 0 Å². The van der Waals surface area contributed by atoms with Crippen molar-refractivity contribution in [2.45, 2.75) is 44.9 Å². The van der Waals surface area contributed by atoms with Crippen molar-refractivity contribution in [1.82, 2.24) is 10.9 Å². The highest BCUT2D eigenvalue weighted by Crippen LogP contribution is 2.33. The molecule has 4 heteroatoms. The van der Waals surface area contributed by atoms with Gasteiger partial charge in [0.05, 0.1) is 12.1 Å². The first-order valence-electron chi connectivity index (χ1n) is 8.29. The van der Waals surface area contributed by atoms with Crippen LogP contribution < -0.4 is 21.3 Å². The van der Waals surface area contributed by atoms with Gasteiger partial charge in [0.1, 0.15) is 5.75 Å². The summed E-state index contributed by atoms with van der Waals surface area (Å²) in [6, 6.07) is 16.9. The van der Waals surface area contributed by atoms with Crippen molar-refractivity contribution < 1.29 is 4.74 Å². The Morgan fingerprint density at radius 3 is 2.48 bits per heavy atom. The molecule has 3 unspecified atom stereocenters. The zero-order valence-corrected chi connectivity index (χ0v) is 13.8. The molecule has 2 aromatic carbocycles. The number of anilines is 1. The lowest BCUT2D eigenvalue weighted by molar-refractivity contribution is 0.217. The average Bonchev–Trinajstić information content (AvgIpc) is 3.05. The van der Waals surface area contributed by atoms with Crippen LogP contribution in [0.15, 0.2) is 48.5 Å². The van der Waals surface area contributed by atoms with E-state index in [0.717, 1.165) is 29.8 Å². The molecular weight excluding hydrogens is 286 g/mol. The molecule has 1 fully saturated rings. The number of rotatable bonds is 5. The highest BCUT2D eigenvalue weighted by Gasteiger charge is 2.27. The van der Waals surface area contributed by atoms with Gasteiger partial charge in [0, 0.05) is 11.7 Å². The number of nitrogens with one attached hydrogen (secondary N) is 2. The second-order valence-corrected chi connectivity index (χ2v) is 6.16. The summed E-state index contributed by atoms with van der Waals surface area (Å²) in [5, 5.41) is 0. The molecule has 0 spiro atoms. The van der Waals surface area contributed by atoms with E-state index < -0.39 is 0 Å². The molecule has 0 bridgehead atoms. The van der Waals surface area contributed by atoms with E-state index in [-0.39, 0.29) is 18.2 Å². The van der Waals surface area contributed by atoms with Gasteiger partial charge in [-0.15, -0.1) is 0 Å². The van der Waals surface area contributed by atoms with Crippen LogP contribution in [0, 0.1) is 0 Å². The highest BCUT2D eigenvalue weighted by molar-refractivity contribution is 5.48. The lowest BCUT2D eigenvalue weighted by atomic mass is 9.97. The van der Waals surface area contributed by atoms with Gasteiger partial charge in [0.2, 0.25) is 0 Å². The molecule has 122 valence electrons. The fraction of sp³-hybridized carbons (Fsp3) is 0.368. The zero-order valence-electron chi connectivity index (χ0n) is 13.8. The van der Waals surface area contributed by atoms with E-state index in [9.17, 15) is 0 Å². The molecule has 1 heterocycles. The van der Waals surface area contributed by atoms with E-state index >= 15 is 0 Å². The Morgan fingerprint density at radius 2 is 1.78 bits per heavy atom. The summed E-state index contributed by atoms with van der Waals surface area (Å²) in [6.45, 7) is 4.22. The van der Waals surface area contributed by atoms with Crippen LogP contribution in [0.25, 0.3) is 0 Å². The minimum absolute atomic E-state index is 0.234. The summed E-state index contributed by atoms with van der Waals surface area (Å²) in [4.78, 5) is 0. The molecule has 0 aliphatic carbocycles. The number of nitrogen functional groups attached to an aromatic ring is 1. The molecule has 0 aromatic heterocycles. The van der Waals surface area contributed by atoms with Gasteiger partial charge < -0.3 is 10.5 Å². The molecule has 2 aromatic rings. The van der Waals surface area contributed by atoms with Crippen molar-refractivity contribution in [3.8, 4) is 5.75 Å². The fourth-order valence-electron chi connectivity index (χ4n) is 2.90. The predicted octanol–water partition coefficient (Wildman–Crippen LogP) is 3.73. The Morgan fingerprint density at radius 1 is 1.09 bits per heavy atom. The Kier molecular flexibility index (Phi) is 4.84. The third-order valence-electron chi connectivity index (χ3n) is 4.47. The topological polar surface area (TPSA) is 59.3 Å². The third-order valence-corrected chi connectivity index (χ3v) is 4.47. The minimum atomic E-state index is 0.234. The molecular formula is C19H25N3O. The van der Waals surface area contributed by atoms with Crippen molar-refractivity contribution in [2.75, 3.05) is 5.73 Å². The van der Waals surface area contributed by atoms with E-state index in [0.29, 0.717) is 0 Å². The predicted molar refractivity (Wildman–Crippen MR) is 94.0 cm³/mol. The standard InChI is InChI=1S/C19H25N3O/c1-3-13(2)23-15-10-8-14(9-11-15)18-12-19(22-21-18)16-6-4-5-7-17(16)20/h4-11,13,18-19,21-22H,3,12,20H2,1-2H3. The van der Waals surface area contributed by atoms with Gasteiger partial charge >= 0.3 is 0 Å². The van der Waals surface area contributed by atoms with Crippen LogP contribution in [0.3, 0.4) is 0 Å². The van der Waals surface area contributed by atoms with Crippen molar-refractivity contribution >= 4 is 5.69 Å². The number of hydrazine groups is 1. The summed E-state index contributed by atoms with van der Waals surface area (Å²) < 4.78 is 5.83. The Labute approximate surface area is 138 Å². The molecule has 1 saturated heterocycles. The van der Waals surface area contributed by atoms with Gasteiger partial charge in [0.25, 0.3) is 0 Å². The van der Waals surface area contributed by atoms with Gasteiger partial charge in [-0.25, -0.2) is 10.9 Å². The minimum Gasteiger partial charge on any atom is -0.491 e. The maximum Gasteiger partial charge on any atom is 0.119 e. The van der Waals surface area contributed by atoms with E-state index in [4.69, 9.17) is 10.5 Å². The molecule has 4 N–H and O–H groups in total. The first kappa shape index (κ1) is 15.8. The second kappa shape index (κ2) is 7.02. The molecule has 0 radical (unpaired) electrons. The van der Waals surface area contributed by atoms with Crippen LogP contribution in [0.2, 0.25) is 0 Å². The van der Waals surface area contributed by atoms with Gasteiger partial charge in [-0.3, -0.25) is 0 Å². The van der Waals surface area contributed by atoms with E-state index in [2.05, 4.69) is 42.9 Å². The normalized spacial score (nSPS) is 22.0. The number of hydrogen-bond donors (Lipinski definition) is 3. The smallest absolute Gasteiger partial charge is 0.119 e. The number of ether oxygens (including phenoxy) is 1. The van der Waals surface area contributed by atoms with Gasteiger partial charge in [-0.1, -0.05) is 37.3 Å². The monoisotopic (exact) mass is 311 g/mol. The van der Waals surface area contributed by atoms with E-state index in [1.165, 1.54) is 5.56 Å². The highest BCUT2D eigenvalue weighted by atomic mass is 16.5. The van der Waals surface area contributed by atoms with Gasteiger partial charge in [-0.2, -0.15) is 0 Å². The lowest BCUT2D eigenvalue weighted by Gasteiger charge is -2.14. The fourth-order valence-corrected chi connectivity index (χ4v) is 2.90. The largest absolute Gasteiger partial charge is 0.491 e. The zero-order chi connectivity index (χ0) is 16.2. The van der Waals surface area contributed by atoms with Crippen molar-refractivity contribution in [3.63, 3.8) is 0 Å². The molecule has 1 aliphatic rings. The number of para-hydroxylation sites is 1. The maximum absolute atomic E-state index is 6.08. The van der Waals surface area contributed by atoms with Gasteiger partial charge in [-0.05, 0) is 49.1 Å². The Bertz CT molecular complexity index is 641. The average molecular weight is 311 g/mol. The quantitative estimate of drug-likeness (QED) is 0.737. The van der Waals surface area contributed by atoms with Crippen LogP contribution in [-0.2, 0) is 0 Å². The first-order valence-corrected chi connectivity index (χ1v) is 8.29. The summed E-state index contributed by atoms with van der Waals surface area (Å²) in [7, 11) is 0. The number of benzene rings is 2. The summed E-state index contributed by atoms with van der Waals surface area (Å²) in [6.07, 6.45) is 2.23. The van der Waals surface area contributed by atoms with E-state index in [1.807, 2.05) is 30.3 Å². The summed E-state index contributed by atoms with van der Waals surface area (Å²) in [5.74, 6) is 0.929. The second-order valence-electron chi connectivity index (χ2n) is 6.16. The third kappa shape index (κ3) is 3.66. The molecule has 1 aliphatic heterocycles. The molecule has 4 nitrogen and oxygen atoms in total. The van der Waals surface area contributed by atoms with Crippen LogP contribution in [0.4, 0.5) is 5.69 Å². The number of nitrogens with two attached hydrogens (primary N) is 1.